The first-order valence-electron chi connectivity index (χ1n) is 9.19. The van der Waals surface area contributed by atoms with E-state index < -0.39 is 5.82 Å². The van der Waals surface area contributed by atoms with E-state index in [1.54, 1.807) is 42.6 Å². The zero-order chi connectivity index (χ0) is 20.6. The van der Waals surface area contributed by atoms with Gasteiger partial charge in [0, 0.05) is 5.41 Å². The highest BCUT2D eigenvalue weighted by molar-refractivity contribution is 7.98. The molecule has 29 heavy (non-hydrogen) atoms. The molecule has 2 heterocycles. The van der Waals surface area contributed by atoms with Crippen LogP contribution in [0.2, 0.25) is 0 Å². The summed E-state index contributed by atoms with van der Waals surface area (Å²) >= 11 is 1.29. The van der Waals surface area contributed by atoms with Crippen molar-refractivity contribution in [3.63, 3.8) is 0 Å². The predicted molar refractivity (Wildman–Crippen MR) is 112 cm³/mol. The Morgan fingerprint density at radius 1 is 1.10 bits per heavy atom. The van der Waals surface area contributed by atoms with Crippen LogP contribution in [0.1, 0.15) is 32.4 Å². The molecule has 0 atom stereocenters. The Morgan fingerprint density at radius 2 is 1.83 bits per heavy atom. The van der Waals surface area contributed by atoms with Crippen LogP contribution in [0.5, 0.6) is 0 Å². The molecule has 0 N–H and O–H groups in total. The van der Waals surface area contributed by atoms with E-state index in [1.807, 2.05) is 26.8 Å². The van der Waals surface area contributed by atoms with E-state index in [-0.39, 0.29) is 16.7 Å². The molecule has 5 nitrogen and oxygen atoms in total. The minimum Gasteiger partial charge on any atom is -0.444 e. The van der Waals surface area contributed by atoms with Gasteiger partial charge < -0.3 is 4.42 Å². The zero-order valence-electron chi connectivity index (χ0n) is 16.3. The molecule has 0 fully saturated rings. The lowest BCUT2D eigenvalue weighted by Crippen LogP contribution is -2.22. The SMILES string of the molecule is CC(C)(C)c1cnc(CSc2nc3ccccc3c(=O)n2-c2ccccc2F)o1. The molecular weight excluding hydrogens is 389 g/mol. The monoisotopic (exact) mass is 409 g/mol. The summed E-state index contributed by atoms with van der Waals surface area (Å²) in [5.74, 6) is 1.20. The highest BCUT2D eigenvalue weighted by Crippen LogP contribution is 2.28. The maximum Gasteiger partial charge on any atom is 0.266 e. The lowest BCUT2D eigenvalue weighted by Gasteiger charge is -2.14. The van der Waals surface area contributed by atoms with Crippen molar-refractivity contribution in [2.75, 3.05) is 0 Å². The molecule has 0 aliphatic carbocycles. The van der Waals surface area contributed by atoms with Gasteiger partial charge in [-0.2, -0.15) is 0 Å². The minimum atomic E-state index is -0.486. The van der Waals surface area contributed by atoms with Crippen LogP contribution in [0, 0.1) is 5.82 Å². The van der Waals surface area contributed by atoms with Crippen molar-refractivity contribution < 1.29 is 8.81 Å². The highest BCUT2D eigenvalue weighted by Gasteiger charge is 2.20. The van der Waals surface area contributed by atoms with Crippen LogP contribution in [0.25, 0.3) is 16.6 Å². The molecule has 2 aromatic carbocycles. The molecule has 0 unspecified atom stereocenters. The van der Waals surface area contributed by atoms with Crippen molar-refractivity contribution in [2.45, 2.75) is 37.1 Å². The zero-order valence-corrected chi connectivity index (χ0v) is 17.2. The molecule has 0 bridgehead atoms. The van der Waals surface area contributed by atoms with E-state index in [9.17, 15) is 9.18 Å². The summed E-state index contributed by atoms with van der Waals surface area (Å²) in [6.07, 6.45) is 1.72. The smallest absolute Gasteiger partial charge is 0.266 e. The van der Waals surface area contributed by atoms with Gasteiger partial charge in [0.25, 0.3) is 5.56 Å². The van der Waals surface area contributed by atoms with E-state index in [0.29, 0.717) is 27.7 Å². The van der Waals surface area contributed by atoms with Crippen LogP contribution in [0.15, 0.2) is 69.1 Å². The lowest BCUT2D eigenvalue weighted by molar-refractivity contribution is 0.390. The Kier molecular flexibility index (Phi) is 5.00. The molecular formula is C22H20FN3O2S. The number of oxazole rings is 1. The second-order valence-electron chi connectivity index (χ2n) is 7.66. The van der Waals surface area contributed by atoms with Crippen molar-refractivity contribution in [2.24, 2.45) is 0 Å². The van der Waals surface area contributed by atoms with Gasteiger partial charge in [-0.05, 0) is 24.3 Å². The van der Waals surface area contributed by atoms with E-state index in [4.69, 9.17) is 4.42 Å². The van der Waals surface area contributed by atoms with Crippen molar-refractivity contribution >= 4 is 22.7 Å². The molecule has 4 rings (SSSR count). The van der Waals surface area contributed by atoms with E-state index >= 15 is 0 Å². The summed E-state index contributed by atoms with van der Waals surface area (Å²) in [7, 11) is 0. The third kappa shape index (κ3) is 3.82. The number of hydrogen-bond acceptors (Lipinski definition) is 5. The number of para-hydroxylation sites is 2. The number of aromatic nitrogens is 3. The van der Waals surface area contributed by atoms with Gasteiger partial charge in [-0.15, -0.1) is 0 Å². The second kappa shape index (κ2) is 7.48. The van der Waals surface area contributed by atoms with Gasteiger partial charge in [-0.25, -0.2) is 14.4 Å². The maximum absolute atomic E-state index is 14.5. The van der Waals surface area contributed by atoms with Crippen LogP contribution in [0.4, 0.5) is 4.39 Å². The number of nitrogens with zero attached hydrogens (tertiary/aromatic N) is 3. The van der Waals surface area contributed by atoms with Crippen LogP contribution >= 0.6 is 11.8 Å². The Bertz CT molecular complexity index is 1240. The van der Waals surface area contributed by atoms with Gasteiger partial charge in [-0.3, -0.25) is 9.36 Å². The van der Waals surface area contributed by atoms with Crippen molar-refractivity contribution in [1.29, 1.82) is 0 Å². The first kappa shape index (κ1) is 19.4. The average Bonchev–Trinajstić information content (AvgIpc) is 3.17. The molecule has 0 radical (unpaired) electrons. The largest absolute Gasteiger partial charge is 0.444 e. The van der Waals surface area contributed by atoms with E-state index in [0.717, 1.165) is 5.76 Å². The fourth-order valence-corrected chi connectivity index (χ4v) is 3.76. The molecule has 0 saturated carbocycles. The number of fused-ring (bicyclic) bond motifs is 1. The minimum absolute atomic E-state index is 0.146. The van der Waals surface area contributed by atoms with Crippen molar-refractivity contribution in [3.8, 4) is 5.69 Å². The summed E-state index contributed by atoms with van der Waals surface area (Å²) in [6, 6.07) is 13.2. The standard InChI is InChI=1S/C22H20FN3O2S/c1-22(2,3)18-12-24-19(28-18)13-29-21-25-16-10-6-4-8-14(16)20(27)26(21)17-11-7-5-9-15(17)23/h4-12H,13H2,1-3H3. The second-order valence-corrected chi connectivity index (χ2v) is 8.60. The van der Waals surface area contributed by atoms with Crippen LogP contribution < -0.4 is 5.56 Å². The molecule has 0 aliphatic rings. The average molecular weight is 409 g/mol. The quantitative estimate of drug-likeness (QED) is 0.347. The van der Waals surface area contributed by atoms with Crippen LogP contribution in [-0.2, 0) is 11.2 Å². The van der Waals surface area contributed by atoms with Crippen LogP contribution in [0.3, 0.4) is 0 Å². The molecule has 0 spiro atoms. The number of thioether (sulfide) groups is 1. The fourth-order valence-electron chi connectivity index (χ4n) is 2.90. The summed E-state index contributed by atoms with van der Waals surface area (Å²) < 4.78 is 21.7. The number of hydrogen-bond donors (Lipinski definition) is 0. The first-order chi connectivity index (χ1) is 13.8. The normalized spacial score (nSPS) is 11.9. The van der Waals surface area contributed by atoms with Gasteiger partial charge in [0.1, 0.15) is 11.6 Å². The Balaban J connectivity index is 1.79. The third-order valence-electron chi connectivity index (χ3n) is 4.46. The first-order valence-corrected chi connectivity index (χ1v) is 10.2. The lowest BCUT2D eigenvalue weighted by atomic mass is 9.94. The summed E-state index contributed by atoms with van der Waals surface area (Å²) in [6.45, 7) is 6.14. The summed E-state index contributed by atoms with van der Waals surface area (Å²) in [5.41, 5.74) is 0.272. The molecule has 0 amide bonds. The summed E-state index contributed by atoms with van der Waals surface area (Å²) in [5, 5.41) is 0.820. The number of rotatable bonds is 4. The van der Waals surface area contributed by atoms with Gasteiger partial charge in [0.2, 0.25) is 5.89 Å². The maximum atomic E-state index is 14.5. The Labute approximate surface area is 171 Å². The molecule has 0 aliphatic heterocycles. The van der Waals surface area contributed by atoms with E-state index in [2.05, 4.69) is 9.97 Å². The van der Waals surface area contributed by atoms with E-state index in [1.165, 1.54) is 22.4 Å². The molecule has 4 aromatic rings. The van der Waals surface area contributed by atoms with Crippen molar-refractivity contribution in [1.82, 2.24) is 14.5 Å². The van der Waals surface area contributed by atoms with Crippen molar-refractivity contribution in [3.05, 3.63) is 82.5 Å². The topological polar surface area (TPSA) is 60.9 Å². The van der Waals surface area contributed by atoms with Gasteiger partial charge in [0.15, 0.2) is 5.16 Å². The fraction of sp³-hybridized carbons (Fsp3) is 0.227. The molecule has 7 heteroatoms. The van der Waals surface area contributed by atoms with Gasteiger partial charge in [0.05, 0.1) is 28.5 Å². The number of halogens is 1. The molecule has 2 aromatic heterocycles. The summed E-state index contributed by atoms with van der Waals surface area (Å²) in [4.78, 5) is 22.1. The van der Waals surface area contributed by atoms with Crippen LogP contribution in [-0.4, -0.2) is 14.5 Å². The third-order valence-corrected chi connectivity index (χ3v) is 5.38. The Hall–Kier alpha value is -2.93. The number of benzene rings is 2. The van der Waals surface area contributed by atoms with Gasteiger partial charge in [-0.1, -0.05) is 56.8 Å². The predicted octanol–water partition coefficient (Wildman–Crippen LogP) is 5.10. The van der Waals surface area contributed by atoms with Gasteiger partial charge >= 0.3 is 0 Å². The molecule has 0 saturated heterocycles. The highest BCUT2D eigenvalue weighted by atomic mass is 32.2. The Morgan fingerprint density at radius 3 is 2.55 bits per heavy atom. The molecule has 148 valence electrons.